The molecule has 0 saturated carbocycles. The third kappa shape index (κ3) is 5.77. The van der Waals surface area contributed by atoms with Crippen LogP contribution in [0.3, 0.4) is 0 Å². The van der Waals surface area contributed by atoms with E-state index in [-0.39, 0.29) is 23.5 Å². The molecule has 0 unspecified atom stereocenters. The number of piperidine rings is 1. The third-order valence-corrected chi connectivity index (χ3v) is 5.89. The molecule has 0 aliphatic carbocycles. The van der Waals surface area contributed by atoms with Crippen molar-refractivity contribution in [1.29, 1.82) is 0 Å². The first-order chi connectivity index (χ1) is 16.0. The highest BCUT2D eigenvalue weighted by Gasteiger charge is 2.27. The summed E-state index contributed by atoms with van der Waals surface area (Å²) < 4.78 is 21.2. The summed E-state index contributed by atoms with van der Waals surface area (Å²) >= 11 is 0. The number of carbonyl (C=O) groups is 2. The van der Waals surface area contributed by atoms with Crippen molar-refractivity contribution in [2.24, 2.45) is 5.92 Å². The number of likely N-dealkylation sites (tertiary alicyclic amines) is 1. The average molecular weight is 451 g/mol. The minimum absolute atomic E-state index is 0.0566. The van der Waals surface area contributed by atoms with Crippen LogP contribution in [0.5, 0.6) is 11.5 Å². The molecule has 33 heavy (non-hydrogen) atoms. The third-order valence-electron chi connectivity index (χ3n) is 5.89. The maximum Gasteiger partial charge on any atom is 0.227 e. The average Bonchev–Trinajstić information content (AvgIpc) is 3.25. The summed E-state index contributed by atoms with van der Waals surface area (Å²) in [5, 5.41) is 2.93. The van der Waals surface area contributed by atoms with Crippen LogP contribution < -0.4 is 10.1 Å². The molecule has 2 heterocycles. The number of para-hydroxylation sites is 1. The van der Waals surface area contributed by atoms with E-state index in [2.05, 4.69) is 10.3 Å². The molecule has 2 aromatic carbocycles. The highest BCUT2D eigenvalue weighted by atomic mass is 19.1. The van der Waals surface area contributed by atoms with E-state index in [0.717, 1.165) is 5.82 Å². The van der Waals surface area contributed by atoms with Gasteiger partial charge in [-0.05, 0) is 56.2 Å². The van der Waals surface area contributed by atoms with Gasteiger partial charge < -0.3 is 19.5 Å². The monoisotopic (exact) mass is 450 g/mol. The number of benzene rings is 2. The van der Waals surface area contributed by atoms with Crippen molar-refractivity contribution in [2.45, 2.75) is 32.7 Å². The zero-order valence-corrected chi connectivity index (χ0v) is 18.5. The Morgan fingerprint density at radius 2 is 1.85 bits per heavy atom. The Morgan fingerprint density at radius 3 is 2.52 bits per heavy atom. The first-order valence-electron chi connectivity index (χ1n) is 11.1. The van der Waals surface area contributed by atoms with Gasteiger partial charge in [0.1, 0.15) is 11.6 Å². The van der Waals surface area contributed by atoms with Crippen molar-refractivity contribution in [3.05, 3.63) is 72.6 Å². The number of amides is 2. The lowest BCUT2D eigenvalue weighted by Gasteiger charge is -2.31. The fourth-order valence-electron chi connectivity index (χ4n) is 3.91. The highest BCUT2D eigenvalue weighted by Crippen LogP contribution is 2.26. The second-order valence-electron chi connectivity index (χ2n) is 8.12. The number of ether oxygens (including phenoxy) is 1. The fourth-order valence-corrected chi connectivity index (χ4v) is 3.91. The van der Waals surface area contributed by atoms with Crippen LogP contribution in [0, 0.1) is 18.7 Å². The predicted molar refractivity (Wildman–Crippen MR) is 122 cm³/mol. The van der Waals surface area contributed by atoms with Crippen LogP contribution in [0.1, 0.15) is 25.1 Å². The highest BCUT2D eigenvalue weighted by molar-refractivity contribution is 5.92. The first-order valence-corrected chi connectivity index (χ1v) is 11.1. The van der Waals surface area contributed by atoms with E-state index in [1.807, 2.05) is 22.6 Å². The molecule has 0 radical (unpaired) electrons. The molecule has 1 saturated heterocycles. The van der Waals surface area contributed by atoms with Gasteiger partial charge in [-0.2, -0.15) is 0 Å². The van der Waals surface area contributed by atoms with Crippen LogP contribution in [0.2, 0.25) is 0 Å². The molecule has 1 fully saturated rings. The van der Waals surface area contributed by atoms with Gasteiger partial charge in [0.05, 0.1) is 0 Å². The first kappa shape index (κ1) is 22.5. The van der Waals surface area contributed by atoms with Gasteiger partial charge >= 0.3 is 0 Å². The standard InChI is InChI=1S/C25H27FN4O3/c1-18-27-13-17-29(18)16-12-24(31)30-14-10-19(11-15-30)25(32)28-20-6-8-21(9-7-20)33-23-5-3-2-4-22(23)26/h2-9,13,17,19H,10-12,14-16H2,1H3,(H,28,32). The van der Waals surface area contributed by atoms with Crippen molar-refractivity contribution < 1.29 is 18.7 Å². The van der Waals surface area contributed by atoms with Crippen molar-refractivity contribution in [2.75, 3.05) is 18.4 Å². The van der Waals surface area contributed by atoms with Gasteiger partial charge in [-0.1, -0.05) is 12.1 Å². The van der Waals surface area contributed by atoms with E-state index in [0.29, 0.717) is 50.3 Å². The number of imidazole rings is 1. The molecule has 0 bridgehead atoms. The number of nitrogens with one attached hydrogen (secondary N) is 1. The predicted octanol–water partition coefficient (Wildman–Crippen LogP) is 4.39. The molecule has 2 amide bonds. The molecule has 1 aliphatic heterocycles. The lowest BCUT2D eigenvalue weighted by Crippen LogP contribution is -2.41. The molecule has 1 N–H and O–H groups in total. The molecule has 1 aliphatic rings. The lowest BCUT2D eigenvalue weighted by atomic mass is 9.95. The summed E-state index contributed by atoms with van der Waals surface area (Å²) in [4.78, 5) is 31.2. The summed E-state index contributed by atoms with van der Waals surface area (Å²) in [6.45, 7) is 3.68. The Hall–Kier alpha value is -3.68. The molecular formula is C25H27FN4O3. The Balaban J connectivity index is 1.23. The van der Waals surface area contributed by atoms with Crippen molar-refractivity contribution in [1.82, 2.24) is 14.5 Å². The number of aryl methyl sites for hydroxylation is 2. The van der Waals surface area contributed by atoms with Gasteiger partial charge in [0.25, 0.3) is 0 Å². The van der Waals surface area contributed by atoms with E-state index >= 15 is 0 Å². The lowest BCUT2D eigenvalue weighted by molar-refractivity contribution is -0.134. The Kier molecular flexibility index (Phi) is 7.02. The Bertz CT molecular complexity index is 1100. The zero-order chi connectivity index (χ0) is 23.2. The minimum atomic E-state index is -0.434. The number of rotatable bonds is 7. The van der Waals surface area contributed by atoms with Gasteiger partial charge in [-0.15, -0.1) is 0 Å². The number of hydrogen-bond acceptors (Lipinski definition) is 4. The fraction of sp³-hybridized carbons (Fsp3) is 0.320. The quantitative estimate of drug-likeness (QED) is 0.579. The number of carbonyl (C=O) groups excluding carboxylic acids is 2. The molecule has 1 aromatic heterocycles. The van der Waals surface area contributed by atoms with Gasteiger partial charge in [0.15, 0.2) is 11.6 Å². The zero-order valence-electron chi connectivity index (χ0n) is 18.5. The van der Waals surface area contributed by atoms with Crippen LogP contribution >= 0.6 is 0 Å². The number of halogens is 1. The number of anilines is 1. The van der Waals surface area contributed by atoms with Gasteiger partial charge in [-0.25, -0.2) is 9.37 Å². The molecule has 3 aromatic rings. The normalized spacial score (nSPS) is 14.2. The van der Waals surface area contributed by atoms with Gasteiger partial charge in [0, 0.05) is 50.1 Å². The van der Waals surface area contributed by atoms with Crippen LogP contribution in [-0.4, -0.2) is 39.4 Å². The molecule has 0 spiro atoms. The largest absolute Gasteiger partial charge is 0.454 e. The number of hydrogen-bond donors (Lipinski definition) is 1. The SMILES string of the molecule is Cc1nccn1CCC(=O)N1CCC(C(=O)Nc2ccc(Oc3ccccc3F)cc2)CC1. The van der Waals surface area contributed by atoms with E-state index < -0.39 is 5.82 Å². The van der Waals surface area contributed by atoms with E-state index in [1.54, 1.807) is 48.7 Å². The van der Waals surface area contributed by atoms with Crippen LogP contribution in [0.4, 0.5) is 10.1 Å². The number of aromatic nitrogens is 2. The summed E-state index contributed by atoms with van der Waals surface area (Å²) in [6.07, 6.45) is 5.30. The molecular weight excluding hydrogens is 423 g/mol. The van der Waals surface area contributed by atoms with E-state index in [1.165, 1.54) is 6.07 Å². The van der Waals surface area contributed by atoms with Crippen LogP contribution in [-0.2, 0) is 16.1 Å². The summed E-state index contributed by atoms with van der Waals surface area (Å²) in [5.74, 6) is 0.999. The maximum atomic E-state index is 13.7. The molecule has 4 rings (SSSR count). The van der Waals surface area contributed by atoms with E-state index in [9.17, 15) is 14.0 Å². The molecule has 7 nitrogen and oxygen atoms in total. The smallest absolute Gasteiger partial charge is 0.227 e. The molecule has 0 atom stereocenters. The minimum Gasteiger partial charge on any atom is -0.454 e. The summed E-state index contributed by atoms with van der Waals surface area (Å²) in [7, 11) is 0. The second kappa shape index (κ2) is 10.3. The molecule has 8 heteroatoms. The van der Waals surface area contributed by atoms with Crippen LogP contribution in [0.15, 0.2) is 60.9 Å². The van der Waals surface area contributed by atoms with Crippen molar-refractivity contribution in [3.8, 4) is 11.5 Å². The Morgan fingerprint density at radius 1 is 1.12 bits per heavy atom. The Labute approximate surface area is 192 Å². The summed E-state index contributed by atoms with van der Waals surface area (Å²) in [6, 6.07) is 13.0. The van der Waals surface area contributed by atoms with E-state index in [4.69, 9.17) is 4.74 Å². The van der Waals surface area contributed by atoms with Crippen molar-refractivity contribution in [3.63, 3.8) is 0 Å². The van der Waals surface area contributed by atoms with Gasteiger partial charge in [0.2, 0.25) is 11.8 Å². The van der Waals surface area contributed by atoms with Crippen molar-refractivity contribution >= 4 is 17.5 Å². The second-order valence-corrected chi connectivity index (χ2v) is 8.12. The topological polar surface area (TPSA) is 76.5 Å². The number of nitrogens with zero attached hydrogens (tertiary/aromatic N) is 3. The maximum absolute atomic E-state index is 13.7. The molecule has 172 valence electrons. The van der Waals surface area contributed by atoms with Crippen LogP contribution in [0.25, 0.3) is 0 Å². The summed E-state index contributed by atoms with van der Waals surface area (Å²) in [5.41, 5.74) is 0.648. The van der Waals surface area contributed by atoms with Gasteiger partial charge in [-0.3, -0.25) is 9.59 Å².